The average Bonchev–Trinajstić information content (AvgIpc) is 2.43. The van der Waals surface area contributed by atoms with Gasteiger partial charge in [-0.2, -0.15) is 0 Å². The number of anilines is 1. The lowest BCUT2D eigenvalue weighted by atomic mass is 10.1. The number of hydrogen-bond donors (Lipinski definition) is 1. The van der Waals surface area contributed by atoms with Crippen molar-refractivity contribution in [1.82, 2.24) is 4.98 Å². The minimum Gasteiger partial charge on any atom is -0.323 e. The molecule has 0 bridgehead atoms. The Balaban J connectivity index is 2.08. The molecule has 0 spiro atoms. The number of carbonyl (C=O) groups excluding carboxylic acids is 1. The van der Waals surface area contributed by atoms with Gasteiger partial charge in [-0.3, -0.25) is 9.78 Å². The number of nitrogens with one attached hydrogen (secondary N) is 1. The first-order chi connectivity index (χ1) is 9.97. The van der Waals surface area contributed by atoms with Crippen LogP contribution in [0.4, 0.5) is 5.69 Å². The van der Waals surface area contributed by atoms with Gasteiger partial charge in [-0.25, -0.2) is 0 Å². The van der Waals surface area contributed by atoms with Crippen LogP contribution in [0.15, 0.2) is 41.3 Å². The number of benzene rings is 1. The maximum absolute atomic E-state index is 12.3. The molecule has 1 N–H and O–H groups in total. The van der Waals surface area contributed by atoms with E-state index in [1.54, 1.807) is 11.8 Å². The van der Waals surface area contributed by atoms with Crippen LogP contribution in [-0.2, 0) is 4.79 Å². The Morgan fingerprint density at radius 3 is 2.48 bits per heavy atom. The third-order valence-corrected chi connectivity index (χ3v) is 4.31. The molecule has 1 aromatic carbocycles. The van der Waals surface area contributed by atoms with Gasteiger partial charge in [0.2, 0.25) is 5.91 Å². The Hall–Kier alpha value is -1.81. The molecule has 1 amide bonds. The molecule has 1 unspecified atom stereocenters. The van der Waals surface area contributed by atoms with Crippen molar-refractivity contribution in [3.05, 3.63) is 53.3 Å². The lowest BCUT2D eigenvalue weighted by molar-refractivity contribution is -0.115. The summed E-state index contributed by atoms with van der Waals surface area (Å²) >= 11 is 1.55. The van der Waals surface area contributed by atoms with Crippen molar-refractivity contribution in [3.8, 4) is 0 Å². The minimum atomic E-state index is -0.160. The molecule has 0 aliphatic rings. The first kappa shape index (κ1) is 15.6. The molecule has 2 rings (SSSR count). The molecule has 0 aliphatic carbocycles. The van der Waals surface area contributed by atoms with Crippen molar-refractivity contribution in [2.24, 2.45) is 0 Å². The van der Waals surface area contributed by atoms with Crippen LogP contribution < -0.4 is 5.32 Å². The summed E-state index contributed by atoms with van der Waals surface area (Å²) in [6.45, 7) is 7.79. The number of amides is 1. The Bertz CT molecular complexity index is 617. The van der Waals surface area contributed by atoms with Crippen LogP contribution in [0.3, 0.4) is 0 Å². The summed E-state index contributed by atoms with van der Waals surface area (Å²) in [7, 11) is 0. The smallest absolute Gasteiger partial charge is 0.237 e. The van der Waals surface area contributed by atoms with E-state index < -0.39 is 0 Å². The van der Waals surface area contributed by atoms with Gasteiger partial charge < -0.3 is 5.32 Å². The van der Waals surface area contributed by atoms with Crippen molar-refractivity contribution in [3.63, 3.8) is 0 Å². The lowest BCUT2D eigenvalue weighted by Crippen LogP contribution is -2.23. The van der Waals surface area contributed by atoms with E-state index in [1.807, 2.05) is 64.1 Å². The fraction of sp³-hybridized carbons (Fsp3) is 0.294. The molecule has 110 valence electrons. The average molecular weight is 300 g/mol. The third-order valence-electron chi connectivity index (χ3n) is 3.20. The van der Waals surface area contributed by atoms with Crippen LogP contribution in [0.2, 0.25) is 0 Å². The summed E-state index contributed by atoms with van der Waals surface area (Å²) < 4.78 is 0. The topological polar surface area (TPSA) is 42.0 Å². The second-order valence-electron chi connectivity index (χ2n) is 5.10. The normalized spacial score (nSPS) is 12.0. The number of rotatable bonds is 4. The van der Waals surface area contributed by atoms with Gasteiger partial charge in [-0.05, 0) is 51.5 Å². The van der Waals surface area contributed by atoms with Gasteiger partial charge in [-0.1, -0.05) is 18.2 Å². The summed E-state index contributed by atoms with van der Waals surface area (Å²) in [4.78, 5) is 17.8. The van der Waals surface area contributed by atoms with Crippen molar-refractivity contribution in [2.75, 3.05) is 5.32 Å². The molecule has 0 aliphatic heterocycles. The zero-order valence-electron chi connectivity index (χ0n) is 12.8. The third kappa shape index (κ3) is 4.08. The number of hydrogen-bond acceptors (Lipinski definition) is 3. The molecule has 2 aromatic rings. The molecular weight excluding hydrogens is 280 g/mol. The molecule has 3 nitrogen and oxygen atoms in total. The molecule has 1 atom stereocenters. The van der Waals surface area contributed by atoms with Crippen molar-refractivity contribution >= 4 is 23.4 Å². The largest absolute Gasteiger partial charge is 0.323 e. The highest BCUT2D eigenvalue weighted by molar-refractivity contribution is 8.00. The van der Waals surface area contributed by atoms with Crippen LogP contribution in [0, 0.1) is 20.8 Å². The highest BCUT2D eigenvalue weighted by Crippen LogP contribution is 2.25. The van der Waals surface area contributed by atoms with E-state index in [1.165, 1.54) is 0 Å². The van der Waals surface area contributed by atoms with Gasteiger partial charge in [-0.15, -0.1) is 11.8 Å². The number of carbonyl (C=O) groups is 1. The highest BCUT2D eigenvalue weighted by Gasteiger charge is 2.16. The van der Waals surface area contributed by atoms with E-state index >= 15 is 0 Å². The van der Waals surface area contributed by atoms with E-state index in [0.29, 0.717) is 0 Å². The van der Waals surface area contributed by atoms with E-state index in [4.69, 9.17) is 0 Å². The summed E-state index contributed by atoms with van der Waals surface area (Å²) in [6.07, 6.45) is 0. The number of nitrogens with zero attached hydrogens (tertiary/aromatic N) is 1. The van der Waals surface area contributed by atoms with E-state index in [2.05, 4.69) is 10.3 Å². The monoisotopic (exact) mass is 300 g/mol. The maximum atomic E-state index is 12.3. The molecule has 1 heterocycles. The second kappa shape index (κ2) is 6.76. The number of thioether (sulfide) groups is 1. The fourth-order valence-electron chi connectivity index (χ4n) is 2.19. The molecule has 0 saturated carbocycles. The predicted molar refractivity (Wildman–Crippen MR) is 88.8 cm³/mol. The Labute approximate surface area is 130 Å². The Morgan fingerprint density at radius 1 is 1.19 bits per heavy atom. The molecule has 0 saturated heterocycles. The summed E-state index contributed by atoms with van der Waals surface area (Å²) in [6, 6.07) is 11.9. The first-order valence-corrected chi connectivity index (χ1v) is 7.82. The van der Waals surface area contributed by atoms with Gasteiger partial charge in [0, 0.05) is 10.6 Å². The summed E-state index contributed by atoms with van der Waals surface area (Å²) in [5, 5.41) is 2.84. The van der Waals surface area contributed by atoms with Gasteiger partial charge in [0.25, 0.3) is 0 Å². The Kier molecular flexibility index (Phi) is 5.02. The van der Waals surface area contributed by atoms with Crippen LogP contribution in [-0.4, -0.2) is 16.1 Å². The maximum Gasteiger partial charge on any atom is 0.237 e. The fourth-order valence-corrected chi connectivity index (χ4v) is 3.08. The van der Waals surface area contributed by atoms with Gasteiger partial charge >= 0.3 is 0 Å². The number of aryl methyl sites for hydroxylation is 3. The standard InChI is InChI=1S/C17H20N2OS/c1-11-10-12(2)18-13(3)16(11)19-17(20)14(4)21-15-8-6-5-7-9-15/h5-10,14H,1-4H3,(H,19,20). The molecule has 0 radical (unpaired) electrons. The molecule has 1 aromatic heterocycles. The molecule has 4 heteroatoms. The summed E-state index contributed by atoms with van der Waals surface area (Å²) in [5.41, 5.74) is 3.70. The quantitative estimate of drug-likeness (QED) is 0.863. The summed E-state index contributed by atoms with van der Waals surface area (Å²) in [5.74, 6) is 0.000654. The zero-order valence-corrected chi connectivity index (χ0v) is 13.6. The van der Waals surface area contributed by atoms with Crippen molar-refractivity contribution in [2.45, 2.75) is 37.8 Å². The number of aromatic nitrogens is 1. The predicted octanol–water partition coefficient (Wildman–Crippen LogP) is 4.13. The zero-order chi connectivity index (χ0) is 15.4. The lowest BCUT2D eigenvalue weighted by Gasteiger charge is -2.15. The van der Waals surface area contributed by atoms with E-state index in [9.17, 15) is 4.79 Å². The SMILES string of the molecule is Cc1cc(C)c(NC(=O)C(C)Sc2ccccc2)c(C)n1. The van der Waals surface area contributed by atoms with E-state index in [-0.39, 0.29) is 11.2 Å². The molecule has 21 heavy (non-hydrogen) atoms. The van der Waals surface area contributed by atoms with Crippen molar-refractivity contribution in [1.29, 1.82) is 0 Å². The second-order valence-corrected chi connectivity index (χ2v) is 6.52. The van der Waals surface area contributed by atoms with E-state index in [0.717, 1.165) is 27.5 Å². The van der Waals surface area contributed by atoms with Gasteiger partial charge in [0.05, 0.1) is 16.6 Å². The molecule has 0 fully saturated rings. The van der Waals surface area contributed by atoms with Crippen molar-refractivity contribution < 1.29 is 4.79 Å². The van der Waals surface area contributed by atoms with Crippen LogP contribution in [0.1, 0.15) is 23.9 Å². The first-order valence-electron chi connectivity index (χ1n) is 6.95. The van der Waals surface area contributed by atoms with Gasteiger partial charge in [0.15, 0.2) is 0 Å². The van der Waals surface area contributed by atoms with Crippen LogP contribution in [0.25, 0.3) is 0 Å². The van der Waals surface area contributed by atoms with Crippen LogP contribution in [0.5, 0.6) is 0 Å². The minimum absolute atomic E-state index is 0.000654. The van der Waals surface area contributed by atoms with Crippen LogP contribution >= 0.6 is 11.8 Å². The Morgan fingerprint density at radius 2 is 1.86 bits per heavy atom. The number of pyridine rings is 1. The molecular formula is C17H20N2OS. The van der Waals surface area contributed by atoms with Gasteiger partial charge in [0.1, 0.15) is 0 Å². The highest BCUT2D eigenvalue weighted by atomic mass is 32.2.